The van der Waals surface area contributed by atoms with E-state index in [2.05, 4.69) is 5.16 Å². The Morgan fingerprint density at radius 3 is 2.37 bits per heavy atom. The van der Waals surface area contributed by atoms with Crippen LogP contribution in [0, 0.1) is 0 Å². The molecule has 0 spiro atoms. The van der Waals surface area contributed by atoms with E-state index in [1.54, 1.807) is 11.8 Å². The monoisotopic (exact) mass is 381 g/mol. The van der Waals surface area contributed by atoms with Crippen LogP contribution in [-0.4, -0.2) is 52.9 Å². The third kappa shape index (κ3) is 3.96. The van der Waals surface area contributed by atoms with Crippen LogP contribution in [0.4, 0.5) is 13.2 Å². The van der Waals surface area contributed by atoms with E-state index >= 15 is 0 Å². The molecule has 0 N–H and O–H groups in total. The summed E-state index contributed by atoms with van der Waals surface area (Å²) in [4.78, 5) is 27.4. The van der Waals surface area contributed by atoms with Crippen LogP contribution < -0.4 is 0 Å². The minimum absolute atomic E-state index is 0.0228. The van der Waals surface area contributed by atoms with Gasteiger partial charge in [0, 0.05) is 44.2 Å². The molecule has 0 atom stereocenters. The van der Waals surface area contributed by atoms with Gasteiger partial charge in [-0.05, 0) is 6.07 Å². The van der Waals surface area contributed by atoms with E-state index in [9.17, 15) is 22.8 Å². The predicted molar refractivity (Wildman–Crippen MR) is 89.7 cm³/mol. The summed E-state index contributed by atoms with van der Waals surface area (Å²) in [5.41, 5.74) is -1.08. The van der Waals surface area contributed by atoms with Crippen molar-refractivity contribution in [3.8, 4) is 11.3 Å². The fraction of sp³-hybridized carbons (Fsp3) is 0.389. The standard InChI is InChI=1S/C18H18F3N3O3/c1-2-16(25)23-7-9-24(10-8-23)17(26)14-11-15(27-22-14)12-5-3-4-6-13(12)18(19,20)21/h3-6,11H,2,7-10H2,1H3. The third-order valence-corrected chi connectivity index (χ3v) is 4.45. The summed E-state index contributed by atoms with van der Waals surface area (Å²) >= 11 is 0. The average Bonchev–Trinajstić information content (AvgIpc) is 3.16. The number of hydrogen-bond acceptors (Lipinski definition) is 4. The molecule has 0 saturated carbocycles. The highest BCUT2D eigenvalue weighted by Gasteiger charge is 2.35. The van der Waals surface area contributed by atoms with E-state index in [-0.39, 0.29) is 22.9 Å². The van der Waals surface area contributed by atoms with Crippen molar-refractivity contribution in [2.24, 2.45) is 0 Å². The SMILES string of the molecule is CCC(=O)N1CCN(C(=O)c2cc(-c3ccccc3C(F)(F)F)on2)CC1. The van der Waals surface area contributed by atoms with Gasteiger partial charge in [0.2, 0.25) is 5.91 Å². The fourth-order valence-corrected chi connectivity index (χ4v) is 2.99. The first-order chi connectivity index (χ1) is 12.8. The Morgan fingerprint density at radius 2 is 1.74 bits per heavy atom. The van der Waals surface area contributed by atoms with Crippen LogP contribution in [0.2, 0.25) is 0 Å². The Hall–Kier alpha value is -2.84. The van der Waals surface area contributed by atoms with Gasteiger partial charge in [-0.1, -0.05) is 30.3 Å². The second-order valence-electron chi connectivity index (χ2n) is 6.15. The Morgan fingerprint density at radius 1 is 1.11 bits per heavy atom. The Kier molecular flexibility index (Phi) is 5.20. The van der Waals surface area contributed by atoms with Gasteiger partial charge in [-0.25, -0.2) is 0 Å². The van der Waals surface area contributed by atoms with Gasteiger partial charge < -0.3 is 14.3 Å². The summed E-state index contributed by atoms with van der Waals surface area (Å²) in [5.74, 6) is -0.529. The first-order valence-corrected chi connectivity index (χ1v) is 8.51. The fourth-order valence-electron chi connectivity index (χ4n) is 2.99. The highest BCUT2D eigenvalue weighted by Crippen LogP contribution is 2.37. The van der Waals surface area contributed by atoms with Gasteiger partial charge in [-0.2, -0.15) is 13.2 Å². The normalized spacial score (nSPS) is 15.1. The smallest absolute Gasteiger partial charge is 0.355 e. The summed E-state index contributed by atoms with van der Waals surface area (Å²) in [6.07, 6.45) is -4.14. The van der Waals surface area contributed by atoms with Gasteiger partial charge in [-0.3, -0.25) is 9.59 Å². The zero-order valence-corrected chi connectivity index (χ0v) is 14.6. The van der Waals surface area contributed by atoms with E-state index in [0.29, 0.717) is 32.6 Å². The minimum Gasteiger partial charge on any atom is -0.355 e. The topological polar surface area (TPSA) is 66.7 Å². The lowest BCUT2D eigenvalue weighted by atomic mass is 10.0. The average molecular weight is 381 g/mol. The van der Waals surface area contributed by atoms with E-state index in [1.165, 1.54) is 29.2 Å². The number of amides is 2. The molecule has 2 amide bonds. The van der Waals surface area contributed by atoms with E-state index < -0.39 is 17.6 Å². The van der Waals surface area contributed by atoms with Crippen LogP contribution >= 0.6 is 0 Å². The largest absolute Gasteiger partial charge is 0.417 e. The van der Waals surface area contributed by atoms with Crippen molar-refractivity contribution in [2.75, 3.05) is 26.2 Å². The maximum atomic E-state index is 13.2. The molecular weight excluding hydrogens is 363 g/mol. The summed E-state index contributed by atoms with van der Waals surface area (Å²) < 4.78 is 44.5. The Labute approximate surface area is 153 Å². The van der Waals surface area contributed by atoms with Crippen LogP contribution in [0.15, 0.2) is 34.9 Å². The van der Waals surface area contributed by atoms with Crippen LogP contribution in [0.3, 0.4) is 0 Å². The molecule has 1 fully saturated rings. The van der Waals surface area contributed by atoms with Gasteiger partial charge in [0.1, 0.15) is 0 Å². The summed E-state index contributed by atoms with van der Waals surface area (Å²) in [5, 5.41) is 3.65. The first kappa shape index (κ1) is 18.9. The molecule has 6 nitrogen and oxygen atoms in total. The van der Waals surface area contributed by atoms with Gasteiger partial charge >= 0.3 is 6.18 Å². The van der Waals surface area contributed by atoms with Crippen LogP contribution in [0.1, 0.15) is 29.4 Å². The number of halogens is 3. The van der Waals surface area contributed by atoms with Crippen molar-refractivity contribution in [3.05, 3.63) is 41.6 Å². The first-order valence-electron chi connectivity index (χ1n) is 8.51. The summed E-state index contributed by atoms with van der Waals surface area (Å²) in [6.45, 7) is 3.29. The number of piperazine rings is 1. The molecule has 1 saturated heterocycles. The molecule has 1 aliphatic heterocycles. The number of carbonyl (C=O) groups is 2. The number of benzene rings is 1. The second-order valence-corrected chi connectivity index (χ2v) is 6.15. The maximum Gasteiger partial charge on any atom is 0.417 e. The molecular formula is C18H18F3N3O3. The van der Waals surface area contributed by atoms with Crippen molar-refractivity contribution in [2.45, 2.75) is 19.5 Å². The predicted octanol–water partition coefficient (Wildman–Crippen LogP) is 3.05. The van der Waals surface area contributed by atoms with Gasteiger partial charge in [0.25, 0.3) is 5.91 Å². The van der Waals surface area contributed by atoms with Crippen molar-refractivity contribution in [1.82, 2.24) is 15.0 Å². The quantitative estimate of drug-likeness (QED) is 0.820. The zero-order chi connectivity index (χ0) is 19.6. The molecule has 9 heteroatoms. The number of carbonyl (C=O) groups excluding carboxylic acids is 2. The van der Waals surface area contributed by atoms with E-state index in [1.807, 2.05) is 0 Å². The van der Waals surface area contributed by atoms with Gasteiger partial charge in [0.05, 0.1) is 5.56 Å². The van der Waals surface area contributed by atoms with Crippen molar-refractivity contribution < 1.29 is 27.3 Å². The lowest BCUT2D eigenvalue weighted by Crippen LogP contribution is -2.50. The van der Waals surface area contributed by atoms with Gasteiger partial charge in [0.15, 0.2) is 11.5 Å². The Bertz CT molecular complexity index is 840. The zero-order valence-electron chi connectivity index (χ0n) is 14.6. The Balaban J connectivity index is 1.76. The molecule has 1 aromatic carbocycles. The van der Waals surface area contributed by atoms with Crippen molar-refractivity contribution in [3.63, 3.8) is 0 Å². The van der Waals surface area contributed by atoms with Crippen LogP contribution in [0.5, 0.6) is 0 Å². The molecule has 1 aliphatic rings. The summed E-state index contributed by atoms with van der Waals surface area (Å²) in [7, 11) is 0. The number of nitrogens with zero attached hydrogens (tertiary/aromatic N) is 3. The van der Waals surface area contributed by atoms with Crippen molar-refractivity contribution in [1.29, 1.82) is 0 Å². The molecule has 2 heterocycles. The summed E-state index contributed by atoms with van der Waals surface area (Å²) in [6, 6.07) is 6.18. The maximum absolute atomic E-state index is 13.2. The second kappa shape index (κ2) is 7.42. The molecule has 0 aliphatic carbocycles. The molecule has 3 rings (SSSR count). The molecule has 1 aromatic heterocycles. The molecule has 2 aromatic rings. The molecule has 0 radical (unpaired) electrons. The molecule has 0 bridgehead atoms. The highest BCUT2D eigenvalue weighted by molar-refractivity contribution is 5.93. The minimum atomic E-state index is -4.55. The van der Waals surface area contributed by atoms with Crippen LogP contribution in [0.25, 0.3) is 11.3 Å². The number of rotatable bonds is 3. The third-order valence-electron chi connectivity index (χ3n) is 4.45. The van der Waals surface area contributed by atoms with E-state index in [0.717, 1.165) is 6.07 Å². The molecule has 27 heavy (non-hydrogen) atoms. The van der Waals surface area contributed by atoms with E-state index in [4.69, 9.17) is 4.52 Å². The lowest BCUT2D eigenvalue weighted by Gasteiger charge is -2.34. The lowest BCUT2D eigenvalue weighted by molar-refractivity contribution is -0.137. The molecule has 0 unspecified atom stereocenters. The number of hydrogen-bond donors (Lipinski definition) is 0. The molecule has 144 valence electrons. The van der Waals surface area contributed by atoms with Crippen molar-refractivity contribution >= 4 is 11.8 Å². The van der Waals surface area contributed by atoms with Crippen LogP contribution in [-0.2, 0) is 11.0 Å². The number of alkyl halides is 3. The number of aromatic nitrogens is 1. The highest BCUT2D eigenvalue weighted by atomic mass is 19.4. The van der Waals surface area contributed by atoms with Gasteiger partial charge in [-0.15, -0.1) is 0 Å².